The van der Waals surface area contributed by atoms with E-state index < -0.39 is 0 Å². The van der Waals surface area contributed by atoms with E-state index in [-0.39, 0.29) is 5.23 Å². The molecule has 1 radical (unpaired) electrons. The molecule has 0 fully saturated rings. The summed E-state index contributed by atoms with van der Waals surface area (Å²) in [6, 6.07) is 0. The van der Waals surface area contributed by atoms with Crippen molar-refractivity contribution in [2.75, 3.05) is 0 Å². The monoisotopic (exact) mass is 130 g/mol. The molecule has 0 aromatic rings. The topological polar surface area (TPSA) is 46.7 Å². The maximum atomic E-state index is 8.63. The number of hydrogen-bond acceptors (Lipinski definition) is 3. The summed E-state index contributed by atoms with van der Waals surface area (Å²) in [4.78, 5) is 3.69. The number of hydrogen-bond donors (Lipinski definition) is 1. The van der Waals surface area contributed by atoms with E-state index in [1.165, 1.54) is 0 Å². The molecule has 8 heavy (non-hydrogen) atoms. The van der Waals surface area contributed by atoms with E-state index in [1.54, 1.807) is 0 Å². The van der Waals surface area contributed by atoms with Gasteiger partial charge in [-0.2, -0.15) is 0 Å². The Bertz CT molecular complexity index is 152. The van der Waals surface area contributed by atoms with Gasteiger partial charge in [-0.25, -0.2) is 0 Å². The normalized spacial score (nSPS) is 18.1. The zero-order valence-corrected chi connectivity index (χ0v) is 5.27. The third kappa shape index (κ3) is 1.01. The van der Waals surface area contributed by atoms with Crippen LogP contribution in [-0.4, -0.2) is 16.2 Å². The van der Waals surface area contributed by atoms with Crippen LogP contribution in [0.5, 0.6) is 0 Å². The van der Waals surface area contributed by atoms with Crippen molar-refractivity contribution in [3.8, 4) is 0 Å². The number of aliphatic hydroxyl groups excluding tert-OH is 1. The minimum absolute atomic E-state index is 0.0573. The molecule has 0 unspecified atom stereocenters. The van der Waals surface area contributed by atoms with Crippen LogP contribution in [0.15, 0.2) is 4.99 Å². The average Bonchev–Trinajstić information content (AvgIpc) is 2.14. The van der Waals surface area contributed by atoms with Gasteiger partial charge in [-0.3, -0.25) is 0 Å². The SMILES string of the molecule is CCC1=[N+]SC(O)=N1. The minimum Gasteiger partial charge on any atom is -0.467 e. The van der Waals surface area contributed by atoms with E-state index in [0.29, 0.717) is 5.84 Å². The largest absolute Gasteiger partial charge is 0.467 e. The number of aliphatic hydroxyl groups is 1. The van der Waals surface area contributed by atoms with E-state index in [1.807, 2.05) is 6.92 Å². The van der Waals surface area contributed by atoms with Crippen LogP contribution in [0.3, 0.4) is 0 Å². The molecule has 0 spiro atoms. The smallest absolute Gasteiger partial charge is 0.411 e. The number of aliphatic imine (C=N–C) groups is 1. The lowest BCUT2D eigenvalue weighted by Crippen LogP contribution is -1.90. The predicted molar refractivity (Wildman–Crippen MR) is 35.1 cm³/mol. The average molecular weight is 130 g/mol. The fourth-order valence-electron chi connectivity index (χ4n) is 0.388. The van der Waals surface area contributed by atoms with E-state index in [0.717, 1.165) is 18.4 Å². The summed E-state index contributed by atoms with van der Waals surface area (Å²) >= 11 is 1.02. The second-order valence-electron chi connectivity index (χ2n) is 1.35. The molecule has 0 aliphatic carbocycles. The zero-order chi connectivity index (χ0) is 5.98. The highest BCUT2D eigenvalue weighted by molar-refractivity contribution is 8.12. The Balaban J connectivity index is 2.58. The molecular formula is C4H6N2OS+. The van der Waals surface area contributed by atoms with Crippen LogP contribution in [0.2, 0.25) is 0 Å². The first-order valence-corrected chi connectivity index (χ1v) is 3.12. The van der Waals surface area contributed by atoms with Crippen LogP contribution in [0.25, 0.3) is 0 Å². The van der Waals surface area contributed by atoms with Crippen LogP contribution >= 0.6 is 11.9 Å². The van der Waals surface area contributed by atoms with Gasteiger partial charge in [0, 0.05) is 9.39 Å². The summed E-state index contributed by atoms with van der Waals surface area (Å²) in [5.74, 6) is 0.715. The van der Waals surface area contributed by atoms with E-state index in [9.17, 15) is 0 Å². The van der Waals surface area contributed by atoms with Gasteiger partial charge < -0.3 is 5.11 Å². The molecule has 1 N–H and O–H groups in total. The Labute approximate surface area is 51.7 Å². The van der Waals surface area contributed by atoms with Crippen molar-refractivity contribution in [2.45, 2.75) is 13.3 Å². The van der Waals surface area contributed by atoms with Crippen LogP contribution in [-0.2, 0) is 0 Å². The van der Waals surface area contributed by atoms with E-state index in [4.69, 9.17) is 5.11 Å². The van der Waals surface area contributed by atoms with Crippen molar-refractivity contribution in [1.29, 1.82) is 0 Å². The van der Waals surface area contributed by atoms with E-state index in [2.05, 4.69) is 9.39 Å². The van der Waals surface area contributed by atoms with Crippen LogP contribution in [0.1, 0.15) is 13.3 Å². The maximum absolute atomic E-state index is 8.63. The summed E-state index contributed by atoms with van der Waals surface area (Å²) < 4.78 is 3.81. The van der Waals surface area contributed by atoms with Crippen molar-refractivity contribution in [3.63, 3.8) is 0 Å². The van der Waals surface area contributed by atoms with Gasteiger partial charge in [-0.1, -0.05) is 6.92 Å². The highest BCUT2D eigenvalue weighted by atomic mass is 32.2. The molecular weight excluding hydrogens is 124 g/mol. The quantitative estimate of drug-likeness (QED) is 0.531. The predicted octanol–water partition coefficient (Wildman–Crippen LogP) is 0.706. The molecule has 1 aliphatic rings. The summed E-state index contributed by atoms with van der Waals surface area (Å²) in [6.45, 7) is 1.95. The van der Waals surface area contributed by atoms with Gasteiger partial charge in [-0.05, 0) is 0 Å². The molecule has 0 amide bonds. The van der Waals surface area contributed by atoms with Crippen LogP contribution < -0.4 is 4.40 Å². The molecule has 43 valence electrons. The first kappa shape index (κ1) is 5.62. The minimum atomic E-state index is 0.0573. The fraction of sp³-hybridized carbons (Fsp3) is 0.500. The molecule has 1 rings (SSSR count). The lowest BCUT2D eigenvalue weighted by molar-refractivity contribution is 0.572. The van der Waals surface area contributed by atoms with Crippen molar-refractivity contribution >= 4 is 23.0 Å². The van der Waals surface area contributed by atoms with Crippen LogP contribution in [0, 0.1) is 0 Å². The molecule has 3 nitrogen and oxygen atoms in total. The van der Waals surface area contributed by atoms with Gasteiger partial charge in [0.05, 0.1) is 6.42 Å². The van der Waals surface area contributed by atoms with Crippen molar-refractivity contribution in [1.82, 2.24) is 4.40 Å². The first-order chi connectivity index (χ1) is 3.83. The summed E-state index contributed by atoms with van der Waals surface area (Å²) in [5, 5.41) is 8.69. The molecule has 0 aromatic carbocycles. The first-order valence-electron chi connectivity index (χ1n) is 2.34. The third-order valence-corrected chi connectivity index (χ3v) is 1.33. The Morgan fingerprint density at radius 1 is 1.88 bits per heavy atom. The van der Waals surface area contributed by atoms with Gasteiger partial charge in [-0.15, -0.1) is 0 Å². The molecule has 4 heteroatoms. The Hall–Kier alpha value is -0.510. The molecule has 0 saturated carbocycles. The molecule has 0 aromatic heterocycles. The van der Waals surface area contributed by atoms with Gasteiger partial charge in [0.2, 0.25) is 11.9 Å². The summed E-state index contributed by atoms with van der Waals surface area (Å²) in [6.07, 6.45) is 0.789. The zero-order valence-electron chi connectivity index (χ0n) is 4.46. The maximum Gasteiger partial charge on any atom is 0.411 e. The summed E-state index contributed by atoms with van der Waals surface area (Å²) in [7, 11) is 0. The molecule has 1 aliphatic heterocycles. The van der Waals surface area contributed by atoms with Crippen molar-refractivity contribution in [3.05, 3.63) is 0 Å². The second kappa shape index (κ2) is 2.17. The van der Waals surface area contributed by atoms with Gasteiger partial charge >= 0.3 is 11.1 Å². The van der Waals surface area contributed by atoms with Crippen molar-refractivity contribution in [2.24, 2.45) is 4.99 Å². The third-order valence-electron chi connectivity index (χ3n) is 0.774. The van der Waals surface area contributed by atoms with Crippen molar-refractivity contribution < 1.29 is 5.11 Å². The van der Waals surface area contributed by atoms with Gasteiger partial charge in [0.1, 0.15) is 0 Å². The lowest BCUT2D eigenvalue weighted by atomic mass is 10.5. The Morgan fingerprint density at radius 3 is 2.88 bits per heavy atom. The molecule has 1 heterocycles. The highest BCUT2D eigenvalue weighted by Gasteiger charge is 2.21. The molecule has 0 bridgehead atoms. The molecule has 0 atom stereocenters. The van der Waals surface area contributed by atoms with Gasteiger partial charge in [0.25, 0.3) is 0 Å². The lowest BCUT2D eigenvalue weighted by Gasteiger charge is -1.66. The number of nitrogens with zero attached hydrogens (tertiary/aromatic N) is 2. The van der Waals surface area contributed by atoms with E-state index >= 15 is 0 Å². The standard InChI is InChI=1S/C4H6N2OS/c1-2-3-5-4(7)8-6-3/h2H2,1H3,(H,5,7)/q+1. The Kier molecular flexibility index (Phi) is 1.53. The summed E-state index contributed by atoms with van der Waals surface area (Å²) in [5.41, 5.74) is 0. The highest BCUT2D eigenvalue weighted by Crippen LogP contribution is 2.04. The second-order valence-corrected chi connectivity index (χ2v) is 2.08. The van der Waals surface area contributed by atoms with Crippen LogP contribution in [0.4, 0.5) is 0 Å². The Morgan fingerprint density at radius 2 is 2.62 bits per heavy atom. The molecule has 0 saturated heterocycles. The number of amidine groups is 1. The van der Waals surface area contributed by atoms with Gasteiger partial charge in [0.15, 0.2) is 0 Å². The fourth-order valence-corrected chi connectivity index (χ4v) is 0.891. The number of rotatable bonds is 1.